The van der Waals surface area contributed by atoms with Gasteiger partial charge in [0.15, 0.2) is 5.03 Å². The summed E-state index contributed by atoms with van der Waals surface area (Å²) in [5, 5.41) is 38.6. The third-order valence-corrected chi connectivity index (χ3v) is 26.1. The lowest BCUT2D eigenvalue weighted by Gasteiger charge is -2.33. The monoisotopic (exact) mass is 1800 g/mol. The Morgan fingerprint density at radius 2 is 1.03 bits per heavy atom. The summed E-state index contributed by atoms with van der Waals surface area (Å²) in [5.41, 5.74) is 4.31. The Hall–Kier alpha value is -7.77. The number of pyridine rings is 1. The van der Waals surface area contributed by atoms with Crippen LogP contribution in [0.2, 0.25) is 0 Å². The molecule has 4 rings (SSSR count). The summed E-state index contributed by atoms with van der Waals surface area (Å²) in [4.78, 5) is 110. The second-order valence-electron chi connectivity index (χ2n) is 36.3. The number of rotatable bonds is 34. The number of ether oxygens (including phenoxy) is 1. The van der Waals surface area contributed by atoms with E-state index in [1.165, 1.54) is 46.4 Å². The van der Waals surface area contributed by atoms with E-state index in [1.54, 1.807) is 91.0 Å². The molecule has 12 N–H and O–H groups in total. The van der Waals surface area contributed by atoms with Crippen LogP contribution in [0, 0.1) is 66.1 Å². The number of anilines is 1. The van der Waals surface area contributed by atoms with Gasteiger partial charge in [-0.3, -0.25) is 48.5 Å². The van der Waals surface area contributed by atoms with Crippen molar-refractivity contribution < 1.29 is 61.4 Å². The van der Waals surface area contributed by atoms with Crippen LogP contribution in [0.15, 0.2) is 71.4 Å². The van der Waals surface area contributed by atoms with Crippen LogP contribution in [-0.2, 0) is 57.9 Å². The van der Waals surface area contributed by atoms with E-state index in [9.17, 15) is 56.7 Å². The lowest BCUT2D eigenvalue weighted by Crippen LogP contribution is -2.46. The molecule has 1 saturated heterocycles. The molecule has 1 aromatic heterocycles. The average molecular weight is 1800 g/mol. The van der Waals surface area contributed by atoms with Crippen LogP contribution in [0.1, 0.15) is 277 Å². The third-order valence-electron chi connectivity index (χ3n) is 24.8. The van der Waals surface area contributed by atoms with E-state index >= 15 is 0 Å². The highest BCUT2D eigenvalue weighted by molar-refractivity contribution is 7.92. The van der Waals surface area contributed by atoms with Crippen molar-refractivity contribution in [3.63, 3.8) is 0 Å². The molecule has 732 valence electrons. The number of nitrogens with zero attached hydrogens (tertiary/aromatic N) is 5. The molecule has 30 heteroatoms. The minimum Gasteiger partial charge on any atom is -0.512 e. The molecule has 21 unspecified atom stereocenters. The summed E-state index contributed by atoms with van der Waals surface area (Å²) in [7, 11) is 13.6. The van der Waals surface area contributed by atoms with Gasteiger partial charge in [-0.2, -0.15) is 8.42 Å². The van der Waals surface area contributed by atoms with Crippen LogP contribution in [0.25, 0.3) is 0 Å². The van der Waals surface area contributed by atoms with Gasteiger partial charge in [0, 0.05) is 173 Å². The molecule has 1 fully saturated rings. The molecule has 0 aliphatic carbocycles. The van der Waals surface area contributed by atoms with E-state index in [4.69, 9.17) is 4.74 Å². The molecule has 29 nitrogen and oxygen atoms in total. The first-order valence-electron chi connectivity index (χ1n) is 45.5. The fourth-order valence-corrected chi connectivity index (χ4v) is 13.7. The summed E-state index contributed by atoms with van der Waals surface area (Å²) in [5.74, 6) is 5.12. The molecular formula is C96H184N16O13S. The van der Waals surface area contributed by atoms with Crippen molar-refractivity contribution in [3.05, 3.63) is 77.5 Å². The smallest absolute Gasteiger partial charge is 0.338 e. The molecule has 0 saturated carbocycles. The first-order chi connectivity index (χ1) is 57.9. The van der Waals surface area contributed by atoms with Crippen molar-refractivity contribution in [2.24, 2.45) is 59.2 Å². The highest BCUT2D eigenvalue weighted by atomic mass is 32.2. The molecule has 2 aromatic rings. The fraction of sp³-hybridized carbons (Fsp3) is 0.750. The SMILES string of the molecule is C=C1N(C)C(C)C(C)C(C)C(C)N1C.CC(=O)NC(C)C(C)C(C)=O.CC(=O)NC(C)C(C)CN(C)C(C)=O.CCC(C)C(C)NC(=O)C(C)NC.CCC(C)C(C)NC(C)=O.CCC(C)CC(C)C(=O)NC.CNC(C)CC(C)C(C)NC.CNN(C)CC(C)C(C)NC(C)=O.Cc1ccc(S(=O)(=O)Nc2cccc(C(C)C3=C(O)CC(C)(C)OC3=O)c2)nc1. The van der Waals surface area contributed by atoms with Gasteiger partial charge in [0.25, 0.3) is 10.0 Å². The number of ketones is 1. The molecule has 0 spiro atoms. The van der Waals surface area contributed by atoms with E-state index < -0.39 is 27.5 Å². The van der Waals surface area contributed by atoms with Gasteiger partial charge >= 0.3 is 5.97 Å². The number of hydrazine groups is 1. The molecule has 2 aliphatic rings. The molecule has 0 bridgehead atoms. The summed E-state index contributed by atoms with van der Waals surface area (Å²) in [6.45, 7) is 70.4. The van der Waals surface area contributed by atoms with E-state index in [0.717, 1.165) is 49.5 Å². The van der Waals surface area contributed by atoms with Gasteiger partial charge in [-0.25, -0.2) is 14.8 Å². The fourth-order valence-electron chi connectivity index (χ4n) is 12.8. The van der Waals surface area contributed by atoms with E-state index in [1.807, 2.05) is 95.5 Å². The predicted octanol–water partition coefficient (Wildman–Crippen LogP) is 13.5. The number of aryl methyl sites for hydroxylation is 1. The minimum atomic E-state index is -3.85. The first-order valence-corrected chi connectivity index (χ1v) is 47.0. The Labute approximate surface area is 766 Å². The maximum absolute atomic E-state index is 12.6. The van der Waals surface area contributed by atoms with E-state index in [2.05, 4.69) is 197 Å². The molecule has 0 radical (unpaired) electrons. The number of hydrogen-bond acceptors (Lipinski definition) is 21. The Morgan fingerprint density at radius 3 is 1.40 bits per heavy atom. The number of esters is 1. The standard InChI is InChI=1S/C21H24N2O5S.C12H24N2.C10H20N2O2.C10H22N2O.C9H21N3O.C9H22N2.C9H19NO.C8H15NO2.C8H17NO/c1-13-8-9-18(22-12-13)29(26,27)23-16-7-5-6-15(10-16)14(2)19-17(24)11-21(3,4)28-20(19)25;1-8-9(2)11(4)14(7)12(5)13(6)10(8)3;1-7(6-12(5)10(4)14)8(2)11-9(3)13;1-6-7(2)8(3)12-10(13)9(4)11-5;1-7(6-12(5)10-4)8(2)11-9(3)13;1-7(9(3)11-5)6-8(2)10-4;1-5-7(2)6-8(3)9(11)10-4;1-5(7(3)10)6(2)9-8(4)11;1-5-6(2)7(3)9-8(4)10/h5-10,12,14,23-24H,11H2,1-4H3;8-11H,5H2,1-4,6-7H3;7-8H,6H2,1-5H3,(H,11,13);7-9,11H,6H2,1-5H3,(H,12,13);7-8,10H,6H2,1-5H3,(H,11,13);7-11H,6H2,1-5H3;7-8H,5-6H2,1-4H3,(H,10,11);5-6H,1-4H3,(H,9,11);6-7H,5H2,1-4H3,(H,9,10). The Balaban J connectivity index is -0.000000448. The second-order valence-corrected chi connectivity index (χ2v) is 37.9. The molecule has 126 heavy (non-hydrogen) atoms. The van der Waals surface area contributed by atoms with Gasteiger partial charge in [0.1, 0.15) is 17.1 Å². The van der Waals surface area contributed by atoms with Gasteiger partial charge in [-0.05, 0) is 215 Å². The van der Waals surface area contributed by atoms with Crippen molar-refractivity contribution in [1.82, 2.24) is 78.0 Å². The number of hydrogen-bond donors (Lipinski definition) is 12. The molecule has 7 amide bonds. The number of aliphatic hydroxyl groups excluding tert-OH is 1. The predicted molar refractivity (Wildman–Crippen MR) is 520 cm³/mol. The molecule has 3 heterocycles. The van der Waals surface area contributed by atoms with Gasteiger partial charge in [-0.15, -0.1) is 0 Å². The number of aromatic nitrogens is 1. The van der Waals surface area contributed by atoms with Crippen molar-refractivity contribution in [2.45, 2.75) is 344 Å². The topological polar surface area (TPSA) is 375 Å². The van der Waals surface area contributed by atoms with Crippen LogP contribution in [-0.4, -0.2) is 234 Å². The Bertz CT molecular complexity index is 3600. The number of likely N-dealkylation sites (N-methyl/N-ethyl adjacent to an activating group) is 1. The zero-order chi connectivity index (χ0) is 99.5. The lowest BCUT2D eigenvalue weighted by molar-refractivity contribution is -0.155. The number of cyclic esters (lactones) is 1. The van der Waals surface area contributed by atoms with Gasteiger partial charge in [0.2, 0.25) is 41.4 Å². The number of Topliss-reactive ketones (excluding diaryl/α,β-unsaturated/α-hetero) is 1. The van der Waals surface area contributed by atoms with Crippen LogP contribution in [0.3, 0.4) is 0 Å². The van der Waals surface area contributed by atoms with Crippen molar-refractivity contribution in [1.29, 1.82) is 0 Å². The van der Waals surface area contributed by atoms with Crippen LogP contribution in [0.5, 0.6) is 0 Å². The minimum absolute atomic E-state index is 0.00594. The van der Waals surface area contributed by atoms with Crippen molar-refractivity contribution in [2.75, 3.05) is 81.2 Å². The van der Waals surface area contributed by atoms with Crippen LogP contribution >= 0.6 is 0 Å². The van der Waals surface area contributed by atoms with Crippen LogP contribution < -0.4 is 58.0 Å². The number of nitrogens with one attached hydrogen (secondary N) is 11. The highest BCUT2D eigenvalue weighted by Gasteiger charge is 2.38. The Morgan fingerprint density at radius 1 is 0.587 bits per heavy atom. The maximum atomic E-state index is 12.6. The Kier molecular flexibility index (Phi) is 66.1. The number of amides is 7. The second kappa shape index (κ2) is 65.7. The number of carbonyl (C=O) groups is 9. The number of benzene rings is 1. The van der Waals surface area contributed by atoms with E-state index in [-0.39, 0.29) is 118 Å². The molecular weight excluding hydrogens is 1620 g/mol. The molecule has 21 atom stereocenters. The zero-order valence-electron chi connectivity index (χ0n) is 86.5. The van der Waals surface area contributed by atoms with Gasteiger partial charge in [0.05, 0.1) is 17.4 Å². The van der Waals surface area contributed by atoms with Crippen LogP contribution in [0.4, 0.5) is 5.69 Å². The zero-order valence-corrected chi connectivity index (χ0v) is 87.3. The van der Waals surface area contributed by atoms with Gasteiger partial charge in [-0.1, -0.05) is 141 Å². The molecule has 1 aromatic carbocycles. The summed E-state index contributed by atoms with van der Waals surface area (Å²) in [6, 6.07) is 12.9. The van der Waals surface area contributed by atoms with Gasteiger partial charge < -0.3 is 72.4 Å². The van der Waals surface area contributed by atoms with E-state index in [0.29, 0.717) is 83.5 Å². The maximum Gasteiger partial charge on any atom is 0.338 e. The normalized spacial score (nSPS) is 19.2. The average Bonchev–Trinajstić information content (AvgIpc) is 0.939. The van der Waals surface area contributed by atoms with Crippen molar-refractivity contribution in [3.8, 4) is 0 Å². The van der Waals surface area contributed by atoms with Crippen molar-refractivity contribution >= 4 is 68.8 Å². The number of sulfonamides is 1. The number of carbonyl (C=O) groups excluding carboxylic acids is 9. The highest BCUT2D eigenvalue weighted by Crippen LogP contribution is 2.37. The quantitative estimate of drug-likeness (QED) is 0.0229. The third kappa shape index (κ3) is 53.9. The first kappa shape index (κ1) is 127. The summed E-state index contributed by atoms with van der Waals surface area (Å²) < 4.78 is 33.1. The summed E-state index contributed by atoms with van der Waals surface area (Å²) >= 11 is 0. The molecule has 2 aliphatic heterocycles. The summed E-state index contributed by atoms with van der Waals surface area (Å²) in [6.07, 6.45) is 7.30. The number of aliphatic hydroxyl groups is 1. The largest absolute Gasteiger partial charge is 0.512 e. The lowest BCUT2D eigenvalue weighted by atomic mass is 9.85.